The Balaban J connectivity index is 2.21. The maximum atomic E-state index is 12.0. The Morgan fingerprint density at radius 3 is 2.78 bits per heavy atom. The van der Waals surface area contributed by atoms with Crippen LogP contribution in [0.5, 0.6) is 0 Å². The summed E-state index contributed by atoms with van der Waals surface area (Å²) in [6, 6.07) is 10.5. The van der Waals surface area contributed by atoms with Crippen molar-refractivity contribution >= 4 is 33.2 Å². The molecule has 0 saturated heterocycles. The smallest absolute Gasteiger partial charge is 0.274 e. The van der Waals surface area contributed by atoms with Crippen molar-refractivity contribution in [2.24, 2.45) is 0 Å². The van der Waals surface area contributed by atoms with Gasteiger partial charge in [-0.2, -0.15) is 0 Å². The van der Waals surface area contributed by atoms with E-state index in [9.17, 15) is 4.79 Å². The molecule has 1 aromatic carbocycles. The maximum Gasteiger partial charge on any atom is 0.274 e. The monoisotopic (exact) mass is 305 g/mol. The van der Waals surface area contributed by atoms with E-state index in [0.29, 0.717) is 17.1 Å². The molecule has 18 heavy (non-hydrogen) atoms. The van der Waals surface area contributed by atoms with E-state index in [0.717, 1.165) is 10.2 Å². The van der Waals surface area contributed by atoms with Crippen LogP contribution in [0.3, 0.4) is 0 Å². The molecule has 4 nitrogen and oxygen atoms in total. The second kappa shape index (κ2) is 5.18. The number of aryl methyl sites for hydroxylation is 1. The van der Waals surface area contributed by atoms with Crippen LogP contribution < -0.4 is 11.1 Å². The number of aromatic nitrogens is 1. The molecule has 92 valence electrons. The van der Waals surface area contributed by atoms with Gasteiger partial charge >= 0.3 is 0 Å². The second-order valence-corrected chi connectivity index (χ2v) is 4.71. The number of nitrogens with two attached hydrogens (primary N) is 1. The third-order valence-corrected chi connectivity index (χ3v) is 3.02. The third kappa shape index (κ3) is 2.87. The van der Waals surface area contributed by atoms with Gasteiger partial charge in [0.25, 0.3) is 5.91 Å². The zero-order valence-electron chi connectivity index (χ0n) is 9.77. The summed E-state index contributed by atoms with van der Waals surface area (Å²) in [6.07, 6.45) is 0. The Kier molecular flexibility index (Phi) is 3.62. The molecule has 0 aliphatic heterocycles. The number of halogens is 1. The fourth-order valence-corrected chi connectivity index (χ4v) is 1.98. The largest absolute Gasteiger partial charge is 0.399 e. The molecule has 0 fully saturated rings. The summed E-state index contributed by atoms with van der Waals surface area (Å²) in [6.45, 7) is 1.84. The highest BCUT2D eigenvalue weighted by atomic mass is 79.9. The van der Waals surface area contributed by atoms with E-state index in [4.69, 9.17) is 5.73 Å². The zero-order valence-corrected chi connectivity index (χ0v) is 11.4. The molecule has 1 heterocycles. The molecule has 0 unspecified atom stereocenters. The lowest BCUT2D eigenvalue weighted by Crippen LogP contribution is -2.14. The molecule has 2 aromatic rings. The van der Waals surface area contributed by atoms with E-state index in [2.05, 4.69) is 26.2 Å². The van der Waals surface area contributed by atoms with Crippen molar-refractivity contribution < 1.29 is 4.79 Å². The summed E-state index contributed by atoms with van der Waals surface area (Å²) < 4.78 is 0.739. The van der Waals surface area contributed by atoms with Crippen molar-refractivity contribution in [1.82, 2.24) is 4.98 Å². The van der Waals surface area contributed by atoms with Crippen LogP contribution in [-0.4, -0.2) is 10.9 Å². The third-order valence-electron chi connectivity index (χ3n) is 2.36. The average molecular weight is 306 g/mol. The predicted octanol–water partition coefficient (Wildman–Crippen LogP) is 2.99. The lowest BCUT2D eigenvalue weighted by molar-refractivity contribution is 0.102. The van der Waals surface area contributed by atoms with Crippen LogP contribution in [0.25, 0.3) is 0 Å². The number of hydrogen-bond acceptors (Lipinski definition) is 3. The summed E-state index contributed by atoms with van der Waals surface area (Å²) in [5.74, 6) is -0.246. The molecule has 2 rings (SSSR count). The SMILES string of the molecule is Cc1cccc(C(=O)Nc2ccc(N)cc2Br)n1. The number of amides is 1. The van der Waals surface area contributed by atoms with Gasteiger partial charge in [0.05, 0.1) is 5.69 Å². The first-order valence-corrected chi connectivity index (χ1v) is 6.15. The molecule has 5 heteroatoms. The molecule has 0 saturated carbocycles. The number of nitrogen functional groups attached to an aromatic ring is 1. The van der Waals surface area contributed by atoms with Gasteiger partial charge in [0, 0.05) is 15.9 Å². The topological polar surface area (TPSA) is 68.0 Å². The Hall–Kier alpha value is -1.88. The van der Waals surface area contributed by atoms with Crippen molar-refractivity contribution in [3.05, 3.63) is 52.3 Å². The number of anilines is 2. The van der Waals surface area contributed by atoms with Gasteiger partial charge in [-0.3, -0.25) is 4.79 Å². The standard InChI is InChI=1S/C13H12BrN3O/c1-8-3-2-4-12(16-8)13(18)17-11-6-5-9(15)7-10(11)14/h2-7H,15H2,1H3,(H,17,18). The van der Waals surface area contributed by atoms with Crippen molar-refractivity contribution in [2.45, 2.75) is 6.92 Å². The van der Waals surface area contributed by atoms with E-state index in [1.165, 1.54) is 0 Å². The Bertz CT molecular complexity index is 599. The predicted molar refractivity (Wildman–Crippen MR) is 75.5 cm³/mol. The molecule has 3 N–H and O–H groups in total. The molecule has 0 bridgehead atoms. The van der Waals surface area contributed by atoms with E-state index < -0.39 is 0 Å². The first kappa shape index (κ1) is 12.6. The number of benzene rings is 1. The molecule has 0 radical (unpaired) electrons. The van der Waals surface area contributed by atoms with Crippen molar-refractivity contribution in [2.75, 3.05) is 11.1 Å². The number of carbonyl (C=O) groups is 1. The van der Waals surface area contributed by atoms with Crippen LogP contribution in [0.15, 0.2) is 40.9 Å². The summed E-state index contributed by atoms with van der Waals surface area (Å²) in [5.41, 5.74) is 8.12. The van der Waals surface area contributed by atoms with Gasteiger partial charge in [0.2, 0.25) is 0 Å². The van der Waals surface area contributed by atoms with Gasteiger partial charge in [-0.1, -0.05) is 6.07 Å². The minimum Gasteiger partial charge on any atom is -0.399 e. The quantitative estimate of drug-likeness (QED) is 0.838. The highest BCUT2D eigenvalue weighted by Crippen LogP contribution is 2.24. The molecule has 0 atom stereocenters. The van der Waals surface area contributed by atoms with Gasteiger partial charge in [-0.25, -0.2) is 4.98 Å². The zero-order chi connectivity index (χ0) is 13.1. The van der Waals surface area contributed by atoms with Crippen molar-refractivity contribution in [3.8, 4) is 0 Å². The van der Waals surface area contributed by atoms with E-state index in [-0.39, 0.29) is 5.91 Å². The maximum absolute atomic E-state index is 12.0. The lowest BCUT2D eigenvalue weighted by atomic mass is 10.2. The molecule has 1 amide bonds. The normalized spacial score (nSPS) is 10.1. The van der Waals surface area contributed by atoms with E-state index in [1.807, 2.05) is 13.0 Å². The van der Waals surface area contributed by atoms with Gasteiger partial charge in [-0.15, -0.1) is 0 Å². The molecule has 0 spiro atoms. The summed E-state index contributed by atoms with van der Waals surface area (Å²) in [7, 11) is 0. The first-order valence-electron chi connectivity index (χ1n) is 5.36. The molecular formula is C13H12BrN3O. The Labute approximate surface area is 113 Å². The minimum absolute atomic E-state index is 0.246. The highest BCUT2D eigenvalue weighted by molar-refractivity contribution is 9.10. The summed E-state index contributed by atoms with van der Waals surface area (Å²) >= 11 is 3.35. The number of pyridine rings is 1. The van der Waals surface area contributed by atoms with Crippen molar-refractivity contribution in [1.29, 1.82) is 0 Å². The van der Waals surface area contributed by atoms with Crippen LogP contribution in [0.4, 0.5) is 11.4 Å². The first-order chi connectivity index (χ1) is 8.56. The number of nitrogens with one attached hydrogen (secondary N) is 1. The van der Waals surface area contributed by atoms with Crippen molar-refractivity contribution in [3.63, 3.8) is 0 Å². The van der Waals surface area contributed by atoms with Crippen LogP contribution in [0.1, 0.15) is 16.2 Å². The molecule has 0 aliphatic rings. The highest BCUT2D eigenvalue weighted by Gasteiger charge is 2.09. The minimum atomic E-state index is -0.246. The summed E-state index contributed by atoms with van der Waals surface area (Å²) in [5, 5.41) is 2.78. The second-order valence-electron chi connectivity index (χ2n) is 3.86. The van der Waals surface area contributed by atoms with E-state index in [1.54, 1.807) is 30.3 Å². The van der Waals surface area contributed by atoms with Crippen LogP contribution in [-0.2, 0) is 0 Å². The number of nitrogens with zero attached hydrogens (tertiary/aromatic N) is 1. The van der Waals surface area contributed by atoms with Gasteiger partial charge in [0.1, 0.15) is 5.69 Å². The fraction of sp³-hybridized carbons (Fsp3) is 0.0769. The van der Waals surface area contributed by atoms with Gasteiger partial charge in [0.15, 0.2) is 0 Å². The lowest BCUT2D eigenvalue weighted by Gasteiger charge is -2.07. The van der Waals surface area contributed by atoms with Crippen LogP contribution >= 0.6 is 15.9 Å². The van der Waals surface area contributed by atoms with Gasteiger partial charge in [-0.05, 0) is 53.2 Å². The average Bonchev–Trinajstić information content (AvgIpc) is 2.32. The number of hydrogen-bond donors (Lipinski definition) is 2. The fourth-order valence-electron chi connectivity index (χ4n) is 1.49. The number of carbonyl (C=O) groups excluding carboxylic acids is 1. The molecule has 1 aromatic heterocycles. The van der Waals surface area contributed by atoms with Crippen LogP contribution in [0.2, 0.25) is 0 Å². The molecular weight excluding hydrogens is 294 g/mol. The number of rotatable bonds is 2. The van der Waals surface area contributed by atoms with Crippen LogP contribution in [0, 0.1) is 6.92 Å². The Morgan fingerprint density at radius 1 is 1.33 bits per heavy atom. The Morgan fingerprint density at radius 2 is 2.11 bits per heavy atom. The van der Waals surface area contributed by atoms with Gasteiger partial charge < -0.3 is 11.1 Å². The van der Waals surface area contributed by atoms with E-state index >= 15 is 0 Å². The molecule has 0 aliphatic carbocycles. The summed E-state index contributed by atoms with van der Waals surface area (Å²) in [4.78, 5) is 16.1.